The van der Waals surface area contributed by atoms with E-state index in [0.29, 0.717) is 32.7 Å². The zero-order valence-electron chi connectivity index (χ0n) is 15.0. The number of anilines is 1. The van der Waals surface area contributed by atoms with Crippen LogP contribution in [0.2, 0.25) is 5.02 Å². The summed E-state index contributed by atoms with van der Waals surface area (Å²) >= 11 is 9.29. The summed E-state index contributed by atoms with van der Waals surface area (Å²) in [5.41, 5.74) is 1.74. The number of amides is 3. The van der Waals surface area contributed by atoms with Gasteiger partial charge in [0.2, 0.25) is 0 Å². The van der Waals surface area contributed by atoms with Crippen molar-refractivity contribution in [2.45, 2.75) is 13.0 Å². The number of rotatable bonds is 4. The second kappa shape index (κ2) is 8.12. The second-order valence-corrected chi connectivity index (χ2v) is 7.32. The second-order valence-electron chi connectivity index (χ2n) is 6.06. The summed E-state index contributed by atoms with van der Waals surface area (Å²) in [4.78, 5) is 25.1. The van der Waals surface area contributed by atoms with Crippen LogP contribution in [0.25, 0.3) is 0 Å². The predicted octanol–water partition coefficient (Wildman–Crippen LogP) is 4.08. The van der Waals surface area contributed by atoms with Crippen LogP contribution in [0.1, 0.15) is 18.5 Å². The molecule has 9 heteroatoms. The van der Waals surface area contributed by atoms with Crippen molar-refractivity contribution in [3.8, 4) is 11.5 Å². The Balaban J connectivity index is 2.01. The van der Waals surface area contributed by atoms with Crippen LogP contribution in [0.5, 0.6) is 11.5 Å². The summed E-state index contributed by atoms with van der Waals surface area (Å²) in [5.74, 6) is -0.0277. The summed E-state index contributed by atoms with van der Waals surface area (Å²) in [7, 11) is 1.51. The zero-order valence-corrected chi connectivity index (χ0v) is 17.3. The fourth-order valence-corrected chi connectivity index (χ4v) is 3.75. The molecule has 0 radical (unpaired) electrons. The number of para-hydroxylation sites is 2. The Morgan fingerprint density at radius 1 is 1.32 bits per heavy atom. The molecule has 0 spiro atoms. The normalized spacial score (nSPS) is 16.3. The summed E-state index contributed by atoms with van der Waals surface area (Å²) in [6.45, 7) is 1.64. The highest BCUT2D eigenvalue weighted by Crippen LogP contribution is 2.38. The van der Waals surface area contributed by atoms with Gasteiger partial charge >= 0.3 is 6.03 Å². The summed E-state index contributed by atoms with van der Waals surface area (Å²) in [6, 6.07) is 8.89. The van der Waals surface area contributed by atoms with Gasteiger partial charge in [-0.25, -0.2) is 4.79 Å². The molecule has 1 heterocycles. The molecule has 0 unspecified atom stereocenters. The first-order valence-corrected chi connectivity index (χ1v) is 9.39. The van der Waals surface area contributed by atoms with Gasteiger partial charge in [0, 0.05) is 5.70 Å². The number of benzene rings is 2. The molecule has 1 atom stereocenters. The van der Waals surface area contributed by atoms with Crippen LogP contribution in [0.15, 0.2) is 52.1 Å². The molecule has 2 aromatic carbocycles. The number of halogens is 2. The lowest BCUT2D eigenvalue weighted by molar-refractivity contribution is -0.113. The van der Waals surface area contributed by atoms with Crippen LogP contribution in [0.4, 0.5) is 10.5 Å². The Bertz CT molecular complexity index is 970. The first kappa shape index (κ1) is 20.0. The number of ether oxygens (including phenoxy) is 1. The number of aromatic hydroxyl groups is 1. The number of hydrogen-bond acceptors (Lipinski definition) is 4. The minimum Gasteiger partial charge on any atom is -0.505 e. The maximum absolute atomic E-state index is 13.1. The molecular formula is C19H17BrClN3O4. The Kier molecular flexibility index (Phi) is 5.81. The van der Waals surface area contributed by atoms with Gasteiger partial charge in [0.25, 0.3) is 5.91 Å². The number of hydrogen-bond donors (Lipinski definition) is 4. The molecule has 1 aliphatic heterocycles. The van der Waals surface area contributed by atoms with Gasteiger partial charge in [-0.1, -0.05) is 23.7 Å². The molecule has 3 amide bonds. The number of nitrogens with one attached hydrogen (secondary N) is 3. The number of carbonyl (C=O) groups excluding carboxylic acids is 2. The largest absolute Gasteiger partial charge is 0.505 e. The Labute approximate surface area is 174 Å². The van der Waals surface area contributed by atoms with Crippen molar-refractivity contribution in [1.82, 2.24) is 10.6 Å². The quantitative estimate of drug-likeness (QED) is 0.545. The van der Waals surface area contributed by atoms with Crippen LogP contribution in [0, 0.1) is 0 Å². The van der Waals surface area contributed by atoms with E-state index in [1.807, 2.05) is 0 Å². The molecule has 146 valence electrons. The minimum atomic E-state index is -0.766. The van der Waals surface area contributed by atoms with Gasteiger partial charge in [-0.05, 0) is 52.7 Å². The molecule has 0 bridgehead atoms. The van der Waals surface area contributed by atoms with Gasteiger partial charge in [-0.15, -0.1) is 0 Å². The Hall–Kier alpha value is -2.71. The van der Waals surface area contributed by atoms with Crippen LogP contribution in [-0.4, -0.2) is 24.2 Å². The smallest absolute Gasteiger partial charge is 0.319 e. The molecule has 0 aromatic heterocycles. The molecule has 2 aromatic rings. The molecule has 0 saturated carbocycles. The predicted molar refractivity (Wildman–Crippen MR) is 110 cm³/mol. The zero-order chi connectivity index (χ0) is 20.4. The van der Waals surface area contributed by atoms with E-state index in [2.05, 4.69) is 31.9 Å². The summed E-state index contributed by atoms with van der Waals surface area (Å²) in [6.07, 6.45) is 0. The number of urea groups is 1. The highest BCUT2D eigenvalue weighted by atomic mass is 79.9. The number of methoxy groups -OCH3 is 1. The molecule has 28 heavy (non-hydrogen) atoms. The molecule has 1 aliphatic rings. The van der Waals surface area contributed by atoms with E-state index >= 15 is 0 Å². The van der Waals surface area contributed by atoms with Crippen molar-refractivity contribution in [3.05, 3.63) is 62.7 Å². The van der Waals surface area contributed by atoms with E-state index < -0.39 is 18.0 Å². The van der Waals surface area contributed by atoms with E-state index in [1.54, 1.807) is 37.3 Å². The van der Waals surface area contributed by atoms with E-state index in [1.165, 1.54) is 13.2 Å². The average Bonchev–Trinajstić information content (AvgIpc) is 2.65. The number of carbonyl (C=O) groups is 2. The van der Waals surface area contributed by atoms with Crippen molar-refractivity contribution in [3.63, 3.8) is 0 Å². The lowest BCUT2D eigenvalue weighted by atomic mass is 9.94. The van der Waals surface area contributed by atoms with Crippen LogP contribution >= 0.6 is 27.5 Å². The van der Waals surface area contributed by atoms with E-state index in [4.69, 9.17) is 16.3 Å². The molecule has 7 nitrogen and oxygen atoms in total. The molecule has 0 aliphatic carbocycles. The monoisotopic (exact) mass is 465 g/mol. The van der Waals surface area contributed by atoms with E-state index in [9.17, 15) is 14.7 Å². The lowest BCUT2D eigenvalue weighted by Crippen LogP contribution is -2.46. The van der Waals surface area contributed by atoms with Crippen LogP contribution < -0.4 is 20.7 Å². The van der Waals surface area contributed by atoms with Gasteiger partial charge < -0.3 is 25.8 Å². The molecule has 4 N–H and O–H groups in total. The standard InChI is InChI=1S/C19H17BrClN3O4/c1-9-15(18(26)23-13-5-3-4-6-14(13)28-2)16(24-19(27)22-9)10-7-11(20)17(25)12(21)8-10/h3-8,16,25H,1-2H3,(H,23,26)(H2,22,24,27)/t16-/m1/s1. The topological polar surface area (TPSA) is 99.7 Å². The fourth-order valence-electron chi connectivity index (χ4n) is 2.93. The van der Waals surface area contributed by atoms with Crippen molar-refractivity contribution in [1.29, 1.82) is 0 Å². The van der Waals surface area contributed by atoms with Gasteiger partial charge in [0.05, 0.1) is 33.9 Å². The highest BCUT2D eigenvalue weighted by molar-refractivity contribution is 9.10. The highest BCUT2D eigenvalue weighted by Gasteiger charge is 2.32. The first-order valence-electron chi connectivity index (χ1n) is 8.22. The van der Waals surface area contributed by atoms with E-state index in [-0.39, 0.29) is 10.8 Å². The summed E-state index contributed by atoms with van der Waals surface area (Å²) in [5, 5.41) is 18.1. The van der Waals surface area contributed by atoms with Crippen molar-refractivity contribution in [2.75, 3.05) is 12.4 Å². The molecule has 0 fully saturated rings. The van der Waals surface area contributed by atoms with Crippen molar-refractivity contribution in [2.24, 2.45) is 0 Å². The lowest BCUT2D eigenvalue weighted by Gasteiger charge is -2.29. The van der Waals surface area contributed by atoms with Gasteiger partial charge in [0.1, 0.15) is 11.5 Å². The molecule has 3 rings (SSSR count). The van der Waals surface area contributed by atoms with Crippen molar-refractivity contribution < 1.29 is 19.4 Å². The maximum atomic E-state index is 13.1. The van der Waals surface area contributed by atoms with Crippen LogP contribution in [0.3, 0.4) is 0 Å². The molecular weight excluding hydrogens is 450 g/mol. The number of phenols is 1. The first-order chi connectivity index (χ1) is 13.3. The SMILES string of the molecule is COc1ccccc1NC(=O)C1=C(C)NC(=O)N[C@@H]1c1cc(Cl)c(O)c(Br)c1. The Morgan fingerprint density at radius 2 is 2.04 bits per heavy atom. The average molecular weight is 467 g/mol. The van der Waals surface area contributed by atoms with Crippen LogP contribution in [-0.2, 0) is 4.79 Å². The van der Waals surface area contributed by atoms with Gasteiger partial charge in [-0.3, -0.25) is 4.79 Å². The van der Waals surface area contributed by atoms with Crippen molar-refractivity contribution >= 4 is 45.2 Å². The fraction of sp³-hybridized carbons (Fsp3) is 0.158. The van der Waals surface area contributed by atoms with Gasteiger partial charge in [0.15, 0.2) is 0 Å². The van der Waals surface area contributed by atoms with E-state index in [0.717, 1.165) is 0 Å². The van der Waals surface area contributed by atoms with Gasteiger partial charge in [-0.2, -0.15) is 0 Å². The minimum absolute atomic E-state index is 0.0966. The third-order valence-electron chi connectivity index (χ3n) is 4.24. The summed E-state index contributed by atoms with van der Waals surface area (Å²) < 4.78 is 5.62. The Morgan fingerprint density at radius 3 is 2.71 bits per heavy atom. The third-order valence-corrected chi connectivity index (χ3v) is 5.13. The number of allylic oxidation sites excluding steroid dienone is 1. The molecule has 0 saturated heterocycles. The third kappa shape index (κ3) is 3.93. The maximum Gasteiger partial charge on any atom is 0.319 e. The number of phenolic OH excluding ortho intramolecular Hbond substituents is 1.